The van der Waals surface area contributed by atoms with Gasteiger partial charge in [-0.2, -0.15) is 5.10 Å². The molecule has 0 saturated carbocycles. The molecule has 0 atom stereocenters. The van der Waals surface area contributed by atoms with Gasteiger partial charge in [0.25, 0.3) is 5.91 Å². The number of nitrogens with zero attached hydrogens (tertiary/aromatic N) is 1. The molecule has 0 unspecified atom stereocenters. The Kier molecular flexibility index (Phi) is 4.74. The van der Waals surface area contributed by atoms with Crippen LogP contribution in [0, 0.1) is 3.57 Å². The molecule has 7 nitrogen and oxygen atoms in total. The van der Waals surface area contributed by atoms with Crippen molar-refractivity contribution in [2.24, 2.45) is 5.10 Å². The molecule has 1 aliphatic rings. The first-order valence-corrected chi connectivity index (χ1v) is 7.96. The molecule has 0 aliphatic carbocycles. The van der Waals surface area contributed by atoms with Crippen LogP contribution in [0.2, 0.25) is 0 Å². The summed E-state index contributed by atoms with van der Waals surface area (Å²) in [5, 5.41) is 13.7. The fourth-order valence-corrected chi connectivity index (χ4v) is 2.72. The fraction of sp³-hybridized carbons (Fsp3) is 0.125. The number of benzene rings is 2. The van der Waals surface area contributed by atoms with E-state index in [1.165, 1.54) is 13.3 Å². The monoisotopic (exact) mass is 440 g/mol. The van der Waals surface area contributed by atoms with Crippen LogP contribution >= 0.6 is 22.6 Å². The quantitative estimate of drug-likeness (QED) is 0.434. The van der Waals surface area contributed by atoms with E-state index in [9.17, 15) is 9.90 Å². The fourth-order valence-electron chi connectivity index (χ4n) is 2.09. The van der Waals surface area contributed by atoms with Crippen molar-refractivity contribution in [2.45, 2.75) is 0 Å². The molecule has 8 heteroatoms. The average Bonchev–Trinajstić information content (AvgIpc) is 3.05. The first-order valence-electron chi connectivity index (χ1n) is 6.88. The lowest BCUT2D eigenvalue weighted by Gasteiger charge is -2.06. The third kappa shape index (κ3) is 3.37. The number of amides is 1. The molecule has 0 bridgehead atoms. The van der Waals surface area contributed by atoms with E-state index in [0.29, 0.717) is 31.9 Å². The predicted octanol–water partition coefficient (Wildman–Crippen LogP) is 2.50. The number of carbonyl (C=O) groups is 1. The maximum absolute atomic E-state index is 12.1. The second kappa shape index (κ2) is 6.95. The molecule has 0 spiro atoms. The van der Waals surface area contributed by atoms with Crippen molar-refractivity contribution in [3.8, 4) is 23.0 Å². The minimum atomic E-state index is -0.370. The number of hydrogen-bond acceptors (Lipinski definition) is 6. The molecule has 0 fully saturated rings. The van der Waals surface area contributed by atoms with Crippen LogP contribution in [0.4, 0.5) is 0 Å². The number of phenolic OH excluding ortho intramolecular Hbond substituents is 1. The number of nitrogens with one attached hydrogen (secondary N) is 1. The molecule has 0 aromatic heterocycles. The Morgan fingerprint density at radius 3 is 2.92 bits per heavy atom. The normalized spacial score (nSPS) is 12.4. The molecule has 1 aliphatic heterocycles. The van der Waals surface area contributed by atoms with Gasteiger partial charge in [0.1, 0.15) is 0 Å². The average molecular weight is 440 g/mol. The summed E-state index contributed by atoms with van der Waals surface area (Å²) < 4.78 is 16.1. The number of hydrogen-bond donors (Lipinski definition) is 2. The second-order valence-electron chi connectivity index (χ2n) is 4.82. The van der Waals surface area contributed by atoms with Gasteiger partial charge >= 0.3 is 0 Å². The Morgan fingerprint density at radius 1 is 1.33 bits per heavy atom. The van der Waals surface area contributed by atoms with E-state index >= 15 is 0 Å². The summed E-state index contributed by atoms with van der Waals surface area (Å²) in [4.78, 5) is 12.1. The highest BCUT2D eigenvalue weighted by atomic mass is 127. The zero-order valence-corrected chi connectivity index (χ0v) is 14.7. The topological polar surface area (TPSA) is 89.4 Å². The number of phenols is 1. The van der Waals surface area contributed by atoms with Crippen molar-refractivity contribution >= 4 is 34.7 Å². The molecular weight excluding hydrogens is 427 g/mol. The van der Waals surface area contributed by atoms with Crippen LogP contribution in [-0.2, 0) is 0 Å². The van der Waals surface area contributed by atoms with Crippen LogP contribution < -0.4 is 19.6 Å². The second-order valence-corrected chi connectivity index (χ2v) is 5.98. The van der Waals surface area contributed by atoms with Crippen LogP contribution in [0.25, 0.3) is 0 Å². The number of carbonyl (C=O) groups excluding carboxylic acids is 1. The number of hydrazone groups is 1. The van der Waals surface area contributed by atoms with Gasteiger partial charge in [-0.1, -0.05) is 0 Å². The number of methoxy groups -OCH3 is 1. The summed E-state index contributed by atoms with van der Waals surface area (Å²) in [5.41, 5.74) is 3.53. The van der Waals surface area contributed by atoms with E-state index < -0.39 is 0 Å². The molecule has 1 amide bonds. The van der Waals surface area contributed by atoms with Gasteiger partial charge in [-0.05, 0) is 58.5 Å². The first-order chi connectivity index (χ1) is 11.6. The van der Waals surface area contributed by atoms with E-state index in [-0.39, 0.29) is 18.4 Å². The number of ether oxygens (including phenoxy) is 3. The Morgan fingerprint density at radius 2 is 2.12 bits per heavy atom. The van der Waals surface area contributed by atoms with Gasteiger partial charge in [-0.3, -0.25) is 4.79 Å². The zero-order valence-electron chi connectivity index (χ0n) is 12.6. The molecule has 24 heavy (non-hydrogen) atoms. The third-order valence-corrected chi connectivity index (χ3v) is 4.11. The highest BCUT2D eigenvalue weighted by Gasteiger charge is 2.15. The van der Waals surface area contributed by atoms with Gasteiger partial charge in [0.05, 0.1) is 16.9 Å². The summed E-state index contributed by atoms with van der Waals surface area (Å²) in [6.07, 6.45) is 1.47. The largest absolute Gasteiger partial charge is 0.504 e. The van der Waals surface area contributed by atoms with Crippen LogP contribution in [0.15, 0.2) is 35.4 Å². The van der Waals surface area contributed by atoms with E-state index in [1.54, 1.807) is 30.3 Å². The summed E-state index contributed by atoms with van der Waals surface area (Å²) >= 11 is 1.99. The maximum atomic E-state index is 12.1. The van der Waals surface area contributed by atoms with E-state index in [4.69, 9.17) is 14.2 Å². The minimum Gasteiger partial charge on any atom is -0.504 e. The minimum absolute atomic E-state index is 0.0691. The predicted molar refractivity (Wildman–Crippen MR) is 95.0 cm³/mol. The molecule has 2 aromatic rings. The Hall–Kier alpha value is -2.49. The molecular formula is C16H13IN2O5. The van der Waals surface area contributed by atoms with E-state index in [2.05, 4.69) is 10.5 Å². The highest BCUT2D eigenvalue weighted by molar-refractivity contribution is 14.1. The van der Waals surface area contributed by atoms with Crippen LogP contribution in [0.5, 0.6) is 23.0 Å². The Bertz CT molecular complexity index is 822. The van der Waals surface area contributed by atoms with Crippen LogP contribution in [0.3, 0.4) is 0 Å². The number of halogens is 1. The van der Waals surface area contributed by atoms with Crippen molar-refractivity contribution in [2.75, 3.05) is 13.9 Å². The van der Waals surface area contributed by atoms with Crippen molar-refractivity contribution in [3.05, 3.63) is 45.0 Å². The molecule has 0 radical (unpaired) electrons. The van der Waals surface area contributed by atoms with Crippen molar-refractivity contribution in [1.82, 2.24) is 5.43 Å². The lowest BCUT2D eigenvalue weighted by Crippen LogP contribution is -2.17. The summed E-state index contributed by atoms with van der Waals surface area (Å²) in [6.45, 7) is 0.153. The Balaban J connectivity index is 1.70. The highest BCUT2D eigenvalue weighted by Crippen LogP contribution is 2.33. The van der Waals surface area contributed by atoms with Crippen molar-refractivity contribution in [1.29, 1.82) is 0 Å². The van der Waals surface area contributed by atoms with Gasteiger partial charge in [-0.15, -0.1) is 0 Å². The van der Waals surface area contributed by atoms with Gasteiger partial charge in [0.15, 0.2) is 23.0 Å². The number of fused-ring (bicyclic) bond motifs is 1. The van der Waals surface area contributed by atoms with Crippen molar-refractivity contribution < 1.29 is 24.1 Å². The zero-order chi connectivity index (χ0) is 17.1. The molecule has 3 rings (SSSR count). The third-order valence-electron chi connectivity index (χ3n) is 3.29. The van der Waals surface area contributed by atoms with E-state index in [0.717, 1.165) is 0 Å². The summed E-state index contributed by atoms with van der Waals surface area (Å²) in [6, 6.07) is 8.24. The molecule has 2 aromatic carbocycles. The summed E-state index contributed by atoms with van der Waals surface area (Å²) in [7, 11) is 1.47. The summed E-state index contributed by atoms with van der Waals surface area (Å²) in [5.74, 6) is 1.18. The molecule has 1 heterocycles. The maximum Gasteiger partial charge on any atom is 0.271 e. The van der Waals surface area contributed by atoms with Crippen LogP contribution in [0.1, 0.15) is 15.9 Å². The van der Waals surface area contributed by atoms with Gasteiger partial charge in [0.2, 0.25) is 6.79 Å². The Labute approximate surface area is 151 Å². The smallest absolute Gasteiger partial charge is 0.271 e. The number of rotatable bonds is 4. The van der Waals surface area contributed by atoms with Gasteiger partial charge in [-0.25, -0.2) is 5.43 Å². The van der Waals surface area contributed by atoms with Gasteiger partial charge in [0, 0.05) is 5.56 Å². The molecule has 0 saturated heterocycles. The standard InChI is InChI=1S/C16H13IN2O5/c1-22-14-5-9(4-11(17)15(14)20)7-18-19-16(21)10-2-3-12-13(6-10)24-8-23-12/h2-7,20H,8H2,1H3,(H,19,21)/b18-7-. The van der Waals surface area contributed by atoms with Crippen molar-refractivity contribution in [3.63, 3.8) is 0 Å². The van der Waals surface area contributed by atoms with E-state index in [1.807, 2.05) is 22.6 Å². The molecule has 124 valence electrons. The van der Waals surface area contributed by atoms with Gasteiger partial charge < -0.3 is 19.3 Å². The molecule has 2 N–H and O–H groups in total. The number of aromatic hydroxyl groups is 1. The van der Waals surface area contributed by atoms with Crippen LogP contribution in [-0.4, -0.2) is 31.1 Å². The first kappa shape index (κ1) is 16.4. The lowest BCUT2D eigenvalue weighted by molar-refractivity contribution is 0.0954. The lowest BCUT2D eigenvalue weighted by atomic mass is 10.2. The SMILES string of the molecule is COc1cc(/C=N\NC(=O)c2ccc3c(c2)OCO3)cc(I)c1O.